The fraction of sp³-hybridized carbons (Fsp3) is 0.273. The monoisotopic (exact) mass is 241 g/mol. The molecule has 1 rings (SSSR count). The third kappa shape index (κ3) is 3.24. The van der Waals surface area contributed by atoms with E-state index >= 15 is 0 Å². The Hall–Kier alpha value is -1.55. The van der Waals surface area contributed by atoms with Gasteiger partial charge in [0.15, 0.2) is 0 Å². The van der Waals surface area contributed by atoms with Crippen molar-refractivity contribution in [1.29, 1.82) is 0 Å². The Bertz CT molecular complexity index is 418. The number of benzene rings is 1. The highest BCUT2D eigenvalue weighted by Gasteiger charge is 2.13. The molecule has 5 heteroatoms. The van der Waals surface area contributed by atoms with Gasteiger partial charge in [0.05, 0.1) is 17.9 Å². The van der Waals surface area contributed by atoms with E-state index in [1.807, 2.05) is 0 Å². The molecule has 0 atom stereocenters. The Kier molecular flexibility index (Phi) is 4.31. The lowest BCUT2D eigenvalue weighted by Gasteiger charge is -2.09. The van der Waals surface area contributed by atoms with E-state index in [1.165, 1.54) is 19.1 Å². The van der Waals surface area contributed by atoms with Gasteiger partial charge in [-0.1, -0.05) is 11.6 Å². The third-order valence-electron chi connectivity index (χ3n) is 1.79. The zero-order valence-electron chi connectivity index (χ0n) is 9.04. The molecule has 0 saturated carbocycles. The molecule has 0 radical (unpaired) electrons. The Labute approximate surface area is 98.5 Å². The fourth-order valence-electron chi connectivity index (χ4n) is 1.20. The Morgan fingerprint density at radius 2 is 2.12 bits per heavy atom. The maximum atomic E-state index is 11.5. The molecule has 1 aromatic carbocycles. The molecular weight excluding hydrogens is 230 g/mol. The molecule has 4 nitrogen and oxygen atoms in total. The zero-order chi connectivity index (χ0) is 12.1. The van der Waals surface area contributed by atoms with Crippen LogP contribution in [0.3, 0.4) is 0 Å². The van der Waals surface area contributed by atoms with Crippen molar-refractivity contribution >= 4 is 29.2 Å². The second kappa shape index (κ2) is 5.51. The van der Waals surface area contributed by atoms with Crippen LogP contribution in [0.4, 0.5) is 5.69 Å². The topological polar surface area (TPSA) is 55.4 Å². The van der Waals surface area contributed by atoms with Crippen LogP contribution in [0.15, 0.2) is 18.2 Å². The van der Waals surface area contributed by atoms with Crippen molar-refractivity contribution in [3.63, 3.8) is 0 Å². The fourth-order valence-corrected chi connectivity index (χ4v) is 1.37. The van der Waals surface area contributed by atoms with Crippen LogP contribution in [-0.4, -0.2) is 18.5 Å². The summed E-state index contributed by atoms with van der Waals surface area (Å²) in [6.07, 6.45) is 0. The van der Waals surface area contributed by atoms with E-state index < -0.39 is 5.97 Å². The normalized spacial score (nSPS) is 9.69. The van der Waals surface area contributed by atoms with Gasteiger partial charge < -0.3 is 10.1 Å². The van der Waals surface area contributed by atoms with Gasteiger partial charge in [0.1, 0.15) is 0 Å². The summed E-state index contributed by atoms with van der Waals surface area (Å²) in [6, 6.07) is 4.60. The number of amides is 1. The Balaban J connectivity index is 3.06. The van der Waals surface area contributed by atoms with E-state index in [4.69, 9.17) is 16.3 Å². The van der Waals surface area contributed by atoms with Gasteiger partial charge in [0.2, 0.25) is 5.91 Å². The standard InChI is InChI=1S/C11H12ClNO3/c1-3-16-11(15)9-5-4-8(12)6-10(9)13-7(2)14/h4-6H,3H2,1-2H3,(H,13,14). The van der Waals surface area contributed by atoms with Crippen LogP contribution in [0.25, 0.3) is 0 Å². The van der Waals surface area contributed by atoms with Gasteiger partial charge in [-0.05, 0) is 25.1 Å². The molecule has 0 unspecified atom stereocenters. The molecule has 1 N–H and O–H groups in total. The van der Waals surface area contributed by atoms with Gasteiger partial charge >= 0.3 is 5.97 Å². The minimum atomic E-state index is -0.483. The SMILES string of the molecule is CCOC(=O)c1ccc(Cl)cc1NC(C)=O. The molecule has 0 bridgehead atoms. The molecule has 86 valence electrons. The maximum Gasteiger partial charge on any atom is 0.340 e. The van der Waals surface area contributed by atoms with Crippen molar-refractivity contribution in [3.8, 4) is 0 Å². The average Bonchev–Trinajstić information content (AvgIpc) is 2.16. The van der Waals surface area contributed by atoms with Crippen LogP contribution in [0.2, 0.25) is 5.02 Å². The molecule has 0 heterocycles. The summed E-state index contributed by atoms with van der Waals surface area (Å²) in [4.78, 5) is 22.5. The van der Waals surface area contributed by atoms with Gasteiger partial charge in [0.25, 0.3) is 0 Å². The molecule has 0 aliphatic heterocycles. The molecule has 0 aromatic heterocycles. The van der Waals surface area contributed by atoms with Gasteiger partial charge in [-0.2, -0.15) is 0 Å². The number of nitrogens with one attached hydrogen (secondary N) is 1. The van der Waals surface area contributed by atoms with Crippen LogP contribution in [0.1, 0.15) is 24.2 Å². The van der Waals surface area contributed by atoms with E-state index in [9.17, 15) is 9.59 Å². The summed E-state index contributed by atoms with van der Waals surface area (Å²) >= 11 is 5.78. The van der Waals surface area contributed by atoms with Crippen molar-refractivity contribution in [1.82, 2.24) is 0 Å². The van der Waals surface area contributed by atoms with Crippen LogP contribution < -0.4 is 5.32 Å². The van der Waals surface area contributed by atoms with Crippen molar-refractivity contribution in [2.75, 3.05) is 11.9 Å². The van der Waals surface area contributed by atoms with E-state index in [0.717, 1.165) is 0 Å². The first-order valence-corrected chi connectivity index (χ1v) is 5.16. The lowest BCUT2D eigenvalue weighted by Crippen LogP contribution is -2.12. The Morgan fingerprint density at radius 3 is 2.69 bits per heavy atom. The average molecular weight is 242 g/mol. The quantitative estimate of drug-likeness (QED) is 0.827. The van der Waals surface area contributed by atoms with E-state index in [0.29, 0.717) is 16.3 Å². The largest absolute Gasteiger partial charge is 0.462 e. The number of hydrogen-bond donors (Lipinski definition) is 1. The second-order valence-corrected chi connectivity index (χ2v) is 3.53. The van der Waals surface area contributed by atoms with Gasteiger partial charge in [-0.25, -0.2) is 4.79 Å². The predicted molar refractivity (Wildman–Crippen MR) is 61.7 cm³/mol. The molecule has 0 aliphatic rings. The summed E-state index contributed by atoms with van der Waals surface area (Å²) < 4.78 is 4.86. The number of carbonyl (C=O) groups excluding carboxylic acids is 2. The number of esters is 1. The minimum absolute atomic E-state index is 0.271. The maximum absolute atomic E-state index is 11.5. The molecule has 1 amide bonds. The lowest BCUT2D eigenvalue weighted by atomic mass is 10.2. The summed E-state index contributed by atoms with van der Waals surface area (Å²) in [7, 11) is 0. The van der Waals surface area contributed by atoms with E-state index in [1.54, 1.807) is 13.0 Å². The highest BCUT2D eigenvalue weighted by molar-refractivity contribution is 6.31. The minimum Gasteiger partial charge on any atom is -0.462 e. The number of anilines is 1. The van der Waals surface area contributed by atoms with Crippen LogP contribution in [0.5, 0.6) is 0 Å². The number of hydrogen-bond acceptors (Lipinski definition) is 3. The lowest BCUT2D eigenvalue weighted by molar-refractivity contribution is -0.114. The molecule has 0 spiro atoms. The van der Waals surface area contributed by atoms with Crippen LogP contribution in [0, 0.1) is 0 Å². The van der Waals surface area contributed by atoms with Gasteiger partial charge in [-0.3, -0.25) is 4.79 Å². The summed E-state index contributed by atoms with van der Waals surface area (Å²) in [5, 5.41) is 2.97. The van der Waals surface area contributed by atoms with Crippen LogP contribution >= 0.6 is 11.6 Å². The highest BCUT2D eigenvalue weighted by Crippen LogP contribution is 2.21. The smallest absolute Gasteiger partial charge is 0.340 e. The number of carbonyl (C=O) groups is 2. The highest BCUT2D eigenvalue weighted by atomic mass is 35.5. The third-order valence-corrected chi connectivity index (χ3v) is 2.02. The van der Waals surface area contributed by atoms with Crippen molar-refractivity contribution in [2.45, 2.75) is 13.8 Å². The first-order valence-electron chi connectivity index (χ1n) is 4.79. The van der Waals surface area contributed by atoms with Crippen molar-refractivity contribution in [3.05, 3.63) is 28.8 Å². The first kappa shape index (κ1) is 12.5. The molecule has 0 saturated heterocycles. The zero-order valence-corrected chi connectivity index (χ0v) is 9.80. The van der Waals surface area contributed by atoms with Crippen LogP contribution in [-0.2, 0) is 9.53 Å². The van der Waals surface area contributed by atoms with E-state index in [-0.39, 0.29) is 12.5 Å². The molecular formula is C11H12ClNO3. The predicted octanol–water partition coefficient (Wildman–Crippen LogP) is 2.48. The van der Waals surface area contributed by atoms with Crippen molar-refractivity contribution < 1.29 is 14.3 Å². The number of halogens is 1. The number of ether oxygens (including phenoxy) is 1. The summed E-state index contributed by atoms with van der Waals surface area (Å²) in [6.45, 7) is 3.35. The van der Waals surface area contributed by atoms with Gasteiger partial charge in [0, 0.05) is 11.9 Å². The molecule has 0 fully saturated rings. The second-order valence-electron chi connectivity index (χ2n) is 3.09. The molecule has 16 heavy (non-hydrogen) atoms. The van der Waals surface area contributed by atoms with Crippen molar-refractivity contribution in [2.24, 2.45) is 0 Å². The summed E-state index contributed by atoms with van der Waals surface area (Å²) in [5.41, 5.74) is 0.653. The van der Waals surface area contributed by atoms with E-state index in [2.05, 4.69) is 5.32 Å². The van der Waals surface area contributed by atoms with Gasteiger partial charge in [-0.15, -0.1) is 0 Å². The molecule has 0 aliphatic carbocycles. The first-order chi connectivity index (χ1) is 7.54. The number of rotatable bonds is 3. The molecule has 1 aromatic rings. The summed E-state index contributed by atoms with van der Waals surface area (Å²) in [5.74, 6) is -0.754. The Morgan fingerprint density at radius 1 is 1.44 bits per heavy atom.